The van der Waals surface area contributed by atoms with Gasteiger partial charge in [0, 0.05) is 4.47 Å². The maximum atomic E-state index is 12.1. The zero-order valence-electron chi connectivity index (χ0n) is 16.9. The van der Waals surface area contributed by atoms with E-state index in [1.165, 1.54) is 14.2 Å². The van der Waals surface area contributed by atoms with Crippen LogP contribution in [0.2, 0.25) is 0 Å². The topological polar surface area (TPSA) is 61.8 Å². The lowest BCUT2D eigenvalue weighted by Crippen LogP contribution is -2.12. The standard InChI is InChI=1S/C24H21BrO5/c1-15-11-18(25)8-10-20(15)17-5-4-6-19(13-17)30-14-16-7-9-21(23(26)28-2)22(12-16)24(27)29-3/h4-13H,14H2,1-3H3. The molecule has 0 aliphatic rings. The molecule has 0 heterocycles. The smallest absolute Gasteiger partial charge is 0.338 e. The number of aryl methyl sites for hydroxylation is 1. The second-order valence-corrected chi connectivity index (χ2v) is 7.55. The Morgan fingerprint density at radius 3 is 2.30 bits per heavy atom. The van der Waals surface area contributed by atoms with Crippen LogP contribution in [0, 0.1) is 6.92 Å². The van der Waals surface area contributed by atoms with Gasteiger partial charge in [0.1, 0.15) is 12.4 Å². The van der Waals surface area contributed by atoms with Gasteiger partial charge in [-0.25, -0.2) is 9.59 Å². The predicted octanol–water partition coefficient (Wildman–Crippen LogP) is 5.58. The van der Waals surface area contributed by atoms with Gasteiger partial charge < -0.3 is 14.2 Å². The van der Waals surface area contributed by atoms with Crippen LogP contribution in [-0.4, -0.2) is 26.2 Å². The SMILES string of the molecule is COC(=O)c1ccc(COc2cccc(-c3ccc(Br)cc3C)c2)cc1C(=O)OC. The number of rotatable bonds is 6. The van der Waals surface area contributed by atoms with Crippen LogP contribution < -0.4 is 4.74 Å². The van der Waals surface area contributed by atoms with E-state index >= 15 is 0 Å². The first-order chi connectivity index (χ1) is 14.4. The summed E-state index contributed by atoms with van der Waals surface area (Å²) < 4.78 is 16.5. The summed E-state index contributed by atoms with van der Waals surface area (Å²) in [5.41, 5.74) is 4.36. The Morgan fingerprint density at radius 1 is 0.867 bits per heavy atom. The molecule has 0 bridgehead atoms. The highest BCUT2D eigenvalue weighted by molar-refractivity contribution is 9.10. The average molecular weight is 469 g/mol. The Morgan fingerprint density at radius 2 is 1.60 bits per heavy atom. The highest BCUT2D eigenvalue weighted by atomic mass is 79.9. The number of methoxy groups -OCH3 is 2. The van der Waals surface area contributed by atoms with Crippen LogP contribution in [-0.2, 0) is 16.1 Å². The molecule has 0 fully saturated rings. The van der Waals surface area contributed by atoms with Crippen molar-refractivity contribution in [1.29, 1.82) is 0 Å². The van der Waals surface area contributed by atoms with Gasteiger partial charge in [-0.15, -0.1) is 0 Å². The van der Waals surface area contributed by atoms with E-state index in [1.54, 1.807) is 18.2 Å². The van der Waals surface area contributed by atoms with E-state index in [9.17, 15) is 9.59 Å². The van der Waals surface area contributed by atoms with Crippen molar-refractivity contribution in [1.82, 2.24) is 0 Å². The normalized spacial score (nSPS) is 10.4. The van der Waals surface area contributed by atoms with E-state index in [4.69, 9.17) is 14.2 Å². The van der Waals surface area contributed by atoms with Gasteiger partial charge in [0.05, 0.1) is 25.3 Å². The molecule has 0 saturated heterocycles. The summed E-state index contributed by atoms with van der Waals surface area (Å²) in [7, 11) is 2.53. The van der Waals surface area contributed by atoms with Crippen LogP contribution in [0.4, 0.5) is 0 Å². The van der Waals surface area contributed by atoms with Gasteiger partial charge in [0.15, 0.2) is 0 Å². The maximum absolute atomic E-state index is 12.1. The molecule has 0 aliphatic heterocycles. The zero-order valence-corrected chi connectivity index (χ0v) is 18.5. The molecule has 0 aromatic heterocycles. The third-order valence-corrected chi connectivity index (χ3v) is 5.13. The van der Waals surface area contributed by atoms with Crippen LogP contribution >= 0.6 is 15.9 Å². The van der Waals surface area contributed by atoms with Crippen molar-refractivity contribution in [2.45, 2.75) is 13.5 Å². The molecule has 0 radical (unpaired) electrons. The average Bonchev–Trinajstić information content (AvgIpc) is 2.76. The van der Waals surface area contributed by atoms with Crippen molar-refractivity contribution in [2.75, 3.05) is 14.2 Å². The number of esters is 2. The van der Waals surface area contributed by atoms with Gasteiger partial charge in [-0.05, 0) is 65.6 Å². The summed E-state index contributed by atoms with van der Waals surface area (Å²) in [5, 5.41) is 0. The van der Waals surface area contributed by atoms with E-state index in [0.717, 1.165) is 26.7 Å². The Kier molecular flexibility index (Phi) is 6.90. The third kappa shape index (κ3) is 4.89. The minimum absolute atomic E-state index is 0.143. The quantitative estimate of drug-likeness (QED) is 0.442. The van der Waals surface area contributed by atoms with Gasteiger partial charge in [-0.3, -0.25) is 0 Å². The van der Waals surface area contributed by atoms with E-state index < -0.39 is 11.9 Å². The Bertz CT molecular complexity index is 1090. The van der Waals surface area contributed by atoms with Crippen molar-refractivity contribution >= 4 is 27.9 Å². The maximum Gasteiger partial charge on any atom is 0.338 e. The van der Waals surface area contributed by atoms with Crippen LogP contribution in [0.25, 0.3) is 11.1 Å². The van der Waals surface area contributed by atoms with Gasteiger partial charge >= 0.3 is 11.9 Å². The Labute approximate surface area is 183 Å². The summed E-state index contributed by atoms with van der Waals surface area (Å²) in [4.78, 5) is 24.0. The number of carbonyl (C=O) groups is 2. The predicted molar refractivity (Wildman–Crippen MR) is 118 cm³/mol. The first-order valence-electron chi connectivity index (χ1n) is 9.22. The molecule has 0 aliphatic carbocycles. The fourth-order valence-electron chi connectivity index (χ4n) is 3.12. The van der Waals surface area contributed by atoms with Gasteiger partial charge in [0.25, 0.3) is 0 Å². The summed E-state index contributed by atoms with van der Waals surface area (Å²) in [6.07, 6.45) is 0. The minimum atomic E-state index is -0.607. The highest BCUT2D eigenvalue weighted by Gasteiger charge is 2.19. The van der Waals surface area contributed by atoms with Crippen molar-refractivity contribution in [3.8, 4) is 16.9 Å². The van der Waals surface area contributed by atoms with Crippen LogP contribution in [0.1, 0.15) is 31.8 Å². The molecule has 5 nitrogen and oxygen atoms in total. The molecule has 30 heavy (non-hydrogen) atoms. The number of ether oxygens (including phenoxy) is 3. The fourth-order valence-corrected chi connectivity index (χ4v) is 3.59. The molecule has 3 aromatic carbocycles. The molecule has 0 spiro atoms. The van der Waals surface area contributed by atoms with Crippen LogP contribution in [0.15, 0.2) is 65.1 Å². The second kappa shape index (κ2) is 9.59. The molecule has 0 atom stereocenters. The first kappa shape index (κ1) is 21.6. The van der Waals surface area contributed by atoms with E-state index in [-0.39, 0.29) is 17.7 Å². The van der Waals surface area contributed by atoms with E-state index in [1.807, 2.05) is 30.3 Å². The highest BCUT2D eigenvalue weighted by Crippen LogP contribution is 2.29. The molecule has 0 unspecified atom stereocenters. The van der Waals surface area contributed by atoms with Crippen LogP contribution in [0.5, 0.6) is 5.75 Å². The molecule has 3 aromatic rings. The van der Waals surface area contributed by atoms with Gasteiger partial charge in [-0.2, -0.15) is 0 Å². The van der Waals surface area contributed by atoms with Crippen LogP contribution in [0.3, 0.4) is 0 Å². The molecule has 0 saturated carbocycles. The lowest BCUT2D eigenvalue weighted by Gasteiger charge is -2.12. The number of halogens is 1. The lowest BCUT2D eigenvalue weighted by molar-refractivity contribution is 0.0555. The number of carbonyl (C=O) groups excluding carboxylic acids is 2. The molecule has 0 amide bonds. The van der Waals surface area contributed by atoms with Crippen molar-refractivity contribution in [2.24, 2.45) is 0 Å². The molecular weight excluding hydrogens is 448 g/mol. The summed E-state index contributed by atoms with van der Waals surface area (Å²) in [5.74, 6) is -0.503. The van der Waals surface area contributed by atoms with E-state index in [0.29, 0.717) is 5.75 Å². The Balaban J connectivity index is 1.82. The third-order valence-electron chi connectivity index (χ3n) is 4.63. The molecule has 6 heteroatoms. The molecule has 0 N–H and O–H groups in total. The number of hydrogen-bond donors (Lipinski definition) is 0. The summed E-state index contributed by atoms with van der Waals surface area (Å²) in [6.45, 7) is 2.29. The van der Waals surface area contributed by atoms with E-state index in [2.05, 4.69) is 35.0 Å². The minimum Gasteiger partial charge on any atom is -0.489 e. The molecule has 154 valence electrons. The lowest BCUT2D eigenvalue weighted by atomic mass is 10.0. The first-order valence-corrected chi connectivity index (χ1v) is 10.0. The fraction of sp³-hybridized carbons (Fsp3) is 0.167. The van der Waals surface area contributed by atoms with Crippen molar-refractivity contribution in [3.63, 3.8) is 0 Å². The molecular formula is C24H21BrO5. The molecule has 3 rings (SSSR count). The monoisotopic (exact) mass is 468 g/mol. The largest absolute Gasteiger partial charge is 0.489 e. The van der Waals surface area contributed by atoms with Crippen molar-refractivity contribution < 1.29 is 23.8 Å². The second-order valence-electron chi connectivity index (χ2n) is 6.64. The Hall–Kier alpha value is -3.12. The number of hydrogen-bond acceptors (Lipinski definition) is 5. The van der Waals surface area contributed by atoms with Gasteiger partial charge in [0.2, 0.25) is 0 Å². The summed E-state index contributed by atoms with van der Waals surface area (Å²) in [6, 6.07) is 18.8. The number of benzene rings is 3. The summed E-state index contributed by atoms with van der Waals surface area (Å²) >= 11 is 3.49. The zero-order chi connectivity index (χ0) is 21.7. The van der Waals surface area contributed by atoms with Crippen molar-refractivity contribution in [3.05, 3.63) is 87.4 Å². The van der Waals surface area contributed by atoms with Gasteiger partial charge in [-0.1, -0.05) is 40.2 Å².